The Morgan fingerprint density at radius 1 is 1.19 bits per heavy atom. The van der Waals surface area contributed by atoms with E-state index in [1.807, 2.05) is 0 Å². The molecule has 1 aromatic rings. The Labute approximate surface area is 92.5 Å². The number of hydrogen-bond donors (Lipinski definition) is 2. The molecule has 0 radical (unpaired) electrons. The summed E-state index contributed by atoms with van der Waals surface area (Å²) in [5, 5.41) is 27.3. The smallest absolute Gasteiger partial charge is 0.170 e. The van der Waals surface area contributed by atoms with Gasteiger partial charge in [-0.15, -0.1) is 0 Å². The SMILES string of the molecule is N#CC(O)C(O)c1ccc2c(c1)OCCO2. The summed E-state index contributed by atoms with van der Waals surface area (Å²) in [6.07, 6.45) is -2.68. The average molecular weight is 221 g/mol. The summed E-state index contributed by atoms with van der Waals surface area (Å²) >= 11 is 0. The summed E-state index contributed by atoms with van der Waals surface area (Å²) < 4.78 is 10.6. The Balaban J connectivity index is 2.27. The number of fused-ring (bicyclic) bond motifs is 1. The maximum Gasteiger partial charge on any atom is 0.170 e. The molecule has 0 amide bonds. The van der Waals surface area contributed by atoms with Crippen LogP contribution < -0.4 is 9.47 Å². The van der Waals surface area contributed by atoms with Crippen molar-refractivity contribution in [2.75, 3.05) is 13.2 Å². The lowest BCUT2D eigenvalue weighted by molar-refractivity contribution is 0.0523. The standard InChI is InChI=1S/C11H11NO4/c12-6-8(13)11(14)7-1-2-9-10(5-7)16-4-3-15-9/h1-2,5,8,11,13-14H,3-4H2. The lowest BCUT2D eigenvalue weighted by atomic mass is 10.0. The van der Waals surface area contributed by atoms with Crippen molar-refractivity contribution in [2.45, 2.75) is 12.2 Å². The fourth-order valence-electron chi connectivity index (χ4n) is 1.50. The van der Waals surface area contributed by atoms with Crippen molar-refractivity contribution in [1.82, 2.24) is 0 Å². The zero-order valence-corrected chi connectivity index (χ0v) is 8.46. The number of aliphatic hydroxyl groups excluding tert-OH is 2. The Bertz CT molecular complexity index is 426. The molecule has 2 rings (SSSR count). The molecule has 2 unspecified atom stereocenters. The number of nitrogens with zero attached hydrogens (tertiary/aromatic N) is 1. The van der Waals surface area contributed by atoms with E-state index >= 15 is 0 Å². The van der Waals surface area contributed by atoms with Crippen molar-refractivity contribution in [1.29, 1.82) is 5.26 Å². The predicted octanol–water partition coefficient (Wildman–Crippen LogP) is 0.376. The minimum atomic E-state index is -1.44. The van der Waals surface area contributed by atoms with Crippen LogP contribution in [0.2, 0.25) is 0 Å². The number of rotatable bonds is 2. The van der Waals surface area contributed by atoms with E-state index < -0.39 is 12.2 Å². The highest BCUT2D eigenvalue weighted by molar-refractivity contribution is 5.44. The fourth-order valence-corrected chi connectivity index (χ4v) is 1.50. The molecule has 0 fully saturated rings. The van der Waals surface area contributed by atoms with Gasteiger partial charge >= 0.3 is 0 Å². The molecule has 1 aliphatic heterocycles. The van der Waals surface area contributed by atoms with E-state index in [1.54, 1.807) is 24.3 Å². The Morgan fingerprint density at radius 3 is 2.56 bits per heavy atom. The van der Waals surface area contributed by atoms with Gasteiger partial charge in [-0.2, -0.15) is 5.26 Å². The molecule has 0 saturated heterocycles. The van der Waals surface area contributed by atoms with Crippen LogP contribution in [0.5, 0.6) is 11.5 Å². The minimum Gasteiger partial charge on any atom is -0.486 e. The highest BCUT2D eigenvalue weighted by atomic mass is 16.6. The molecule has 84 valence electrons. The molecule has 5 heteroatoms. The van der Waals surface area contributed by atoms with Gasteiger partial charge in [0.2, 0.25) is 0 Å². The lowest BCUT2D eigenvalue weighted by Gasteiger charge is -2.20. The normalized spacial score (nSPS) is 17.3. The molecular weight excluding hydrogens is 210 g/mol. The Morgan fingerprint density at radius 2 is 1.88 bits per heavy atom. The summed E-state index contributed by atoms with van der Waals surface area (Å²) in [6, 6.07) is 6.39. The first-order valence-electron chi connectivity index (χ1n) is 4.87. The number of hydrogen-bond acceptors (Lipinski definition) is 5. The maximum absolute atomic E-state index is 9.62. The molecule has 2 N–H and O–H groups in total. The second-order valence-electron chi connectivity index (χ2n) is 3.42. The number of benzene rings is 1. The van der Waals surface area contributed by atoms with Gasteiger partial charge in [-0.25, -0.2) is 0 Å². The van der Waals surface area contributed by atoms with Gasteiger partial charge in [-0.3, -0.25) is 0 Å². The van der Waals surface area contributed by atoms with Gasteiger partial charge in [0.25, 0.3) is 0 Å². The molecule has 16 heavy (non-hydrogen) atoms. The molecule has 5 nitrogen and oxygen atoms in total. The van der Waals surface area contributed by atoms with Crippen LogP contribution in [-0.4, -0.2) is 29.5 Å². The molecule has 0 saturated carbocycles. The zero-order valence-electron chi connectivity index (χ0n) is 8.46. The van der Waals surface area contributed by atoms with Crippen LogP contribution in [0.4, 0.5) is 0 Å². The fraction of sp³-hybridized carbons (Fsp3) is 0.364. The third-order valence-corrected chi connectivity index (χ3v) is 2.34. The molecule has 1 heterocycles. The van der Waals surface area contributed by atoms with Gasteiger partial charge < -0.3 is 19.7 Å². The van der Waals surface area contributed by atoms with Gasteiger partial charge in [0.15, 0.2) is 17.6 Å². The van der Waals surface area contributed by atoms with E-state index in [9.17, 15) is 10.2 Å². The predicted molar refractivity (Wildman–Crippen MR) is 54.0 cm³/mol. The molecule has 1 aliphatic rings. The maximum atomic E-state index is 9.62. The van der Waals surface area contributed by atoms with Crippen molar-refractivity contribution in [3.8, 4) is 17.6 Å². The molecule has 0 bridgehead atoms. The zero-order chi connectivity index (χ0) is 11.5. The highest BCUT2D eigenvalue weighted by Gasteiger charge is 2.20. The lowest BCUT2D eigenvalue weighted by Crippen LogP contribution is -2.18. The highest BCUT2D eigenvalue weighted by Crippen LogP contribution is 2.33. The van der Waals surface area contributed by atoms with Crippen LogP contribution in [0.1, 0.15) is 11.7 Å². The number of aliphatic hydroxyl groups is 2. The first kappa shape index (κ1) is 10.7. The van der Waals surface area contributed by atoms with E-state index in [-0.39, 0.29) is 0 Å². The van der Waals surface area contributed by atoms with E-state index in [0.29, 0.717) is 30.3 Å². The second kappa shape index (κ2) is 4.39. The van der Waals surface area contributed by atoms with Crippen molar-refractivity contribution in [2.24, 2.45) is 0 Å². The molecular formula is C11H11NO4. The summed E-state index contributed by atoms with van der Waals surface area (Å²) in [5.41, 5.74) is 0.429. The van der Waals surface area contributed by atoms with Crippen LogP contribution >= 0.6 is 0 Å². The summed E-state index contributed by atoms with van der Waals surface area (Å²) in [5.74, 6) is 1.13. The van der Waals surface area contributed by atoms with Crippen LogP contribution in [0.25, 0.3) is 0 Å². The van der Waals surface area contributed by atoms with Crippen molar-refractivity contribution < 1.29 is 19.7 Å². The van der Waals surface area contributed by atoms with Gasteiger partial charge in [0.1, 0.15) is 19.3 Å². The van der Waals surface area contributed by atoms with Crippen LogP contribution in [0, 0.1) is 11.3 Å². The minimum absolute atomic E-state index is 0.429. The molecule has 0 spiro atoms. The van der Waals surface area contributed by atoms with E-state index in [0.717, 1.165) is 0 Å². The van der Waals surface area contributed by atoms with Crippen LogP contribution in [0.3, 0.4) is 0 Å². The van der Waals surface area contributed by atoms with Crippen molar-refractivity contribution >= 4 is 0 Å². The second-order valence-corrected chi connectivity index (χ2v) is 3.42. The monoisotopic (exact) mass is 221 g/mol. The summed E-state index contributed by atoms with van der Waals surface area (Å²) in [6.45, 7) is 0.947. The van der Waals surface area contributed by atoms with Crippen molar-refractivity contribution in [3.63, 3.8) is 0 Å². The Kier molecular flexibility index (Phi) is 2.95. The van der Waals surface area contributed by atoms with Crippen molar-refractivity contribution in [3.05, 3.63) is 23.8 Å². The Hall–Kier alpha value is -1.77. The quantitative estimate of drug-likeness (QED) is 0.705. The summed E-state index contributed by atoms with van der Waals surface area (Å²) in [4.78, 5) is 0. The van der Waals surface area contributed by atoms with Gasteiger partial charge in [0.05, 0.1) is 6.07 Å². The number of ether oxygens (including phenoxy) is 2. The largest absolute Gasteiger partial charge is 0.486 e. The first-order valence-corrected chi connectivity index (χ1v) is 4.87. The molecule has 1 aromatic carbocycles. The van der Waals surface area contributed by atoms with Crippen LogP contribution in [-0.2, 0) is 0 Å². The first-order chi connectivity index (χ1) is 7.72. The van der Waals surface area contributed by atoms with Gasteiger partial charge in [0, 0.05) is 0 Å². The number of nitriles is 1. The third kappa shape index (κ3) is 1.94. The topological polar surface area (TPSA) is 82.7 Å². The van der Waals surface area contributed by atoms with E-state index in [2.05, 4.69) is 0 Å². The van der Waals surface area contributed by atoms with Gasteiger partial charge in [-0.1, -0.05) is 6.07 Å². The van der Waals surface area contributed by atoms with Crippen LogP contribution in [0.15, 0.2) is 18.2 Å². The average Bonchev–Trinajstić information content (AvgIpc) is 2.36. The summed E-state index contributed by atoms with van der Waals surface area (Å²) in [7, 11) is 0. The third-order valence-electron chi connectivity index (χ3n) is 2.34. The van der Waals surface area contributed by atoms with E-state index in [4.69, 9.17) is 14.7 Å². The van der Waals surface area contributed by atoms with Gasteiger partial charge in [-0.05, 0) is 17.7 Å². The molecule has 2 atom stereocenters. The van der Waals surface area contributed by atoms with E-state index in [1.165, 1.54) is 0 Å². The molecule has 0 aromatic heterocycles. The molecule has 0 aliphatic carbocycles.